The standard InChI is InChI=1S/C19H18BrN3O4/c1-22-17(25)10-18(23(2)19(22)26)27-16-6-4-3-5-14(16)21-11-12-9-13(20)7-8-15(12)24/h3-10,21,24H,11H2,1-2H3. The lowest BCUT2D eigenvalue weighted by molar-refractivity contribution is 0.424. The number of aromatic nitrogens is 2. The van der Waals surface area contributed by atoms with Gasteiger partial charge in [-0.1, -0.05) is 28.1 Å². The van der Waals surface area contributed by atoms with Gasteiger partial charge in [0.1, 0.15) is 5.75 Å². The SMILES string of the molecule is Cn1c(Oc2ccccc2NCc2cc(Br)ccc2O)cc(=O)n(C)c1=O. The highest BCUT2D eigenvalue weighted by atomic mass is 79.9. The lowest BCUT2D eigenvalue weighted by Gasteiger charge is -2.15. The Kier molecular flexibility index (Phi) is 5.36. The van der Waals surface area contributed by atoms with E-state index in [1.54, 1.807) is 24.3 Å². The van der Waals surface area contributed by atoms with Gasteiger partial charge in [-0.3, -0.25) is 13.9 Å². The van der Waals surface area contributed by atoms with Crippen LogP contribution in [0.2, 0.25) is 0 Å². The first-order valence-corrected chi connectivity index (χ1v) is 8.91. The van der Waals surface area contributed by atoms with Crippen LogP contribution in [0.1, 0.15) is 5.56 Å². The first-order valence-electron chi connectivity index (χ1n) is 8.12. The van der Waals surface area contributed by atoms with E-state index in [4.69, 9.17) is 4.74 Å². The summed E-state index contributed by atoms with van der Waals surface area (Å²) in [5.41, 5.74) is 0.449. The molecule has 2 N–H and O–H groups in total. The number of anilines is 1. The van der Waals surface area contributed by atoms with Crippen LogP contribution < -0.4 is 21.3 Å². The molecule has 2 aromatic carbocycles. The molecule has 8 heteroatoms. The fourth-order valence-corrected chi connectivity index (χ4v) is 2.92. The van der Waals surface area contributed by atoms with Crippen molar-refractivity contribution >= 4 is 21.6 Å². The number of phenolic OH excluding ortho intramolecular Hbond substituents is 1. The van der Waals surface area contributed by atoms with Crippen molar-refractivity contribution in [1.29, 1.82) is 0 Å². The minimum atomic E-state index is -0.470. The van der Waals surface area contributed by atoms with Crippen LogP contribution in [-0.2, 0) is 20.6 Å². The van der Waals surface area contributed by atoms with E-state index in [1.165, 1.54) is 24.7 Å². The third kappa shape index (κ3) is 4.06. The second-order valence-electron chi connectivity index (χ2n) is 5.95. The highest BCUT2D eigenvalue weighted by Gasteiger charge is 2.11. The molecule has 0 amide bonds. The molecule has 0 bridgehead atoms. The minimum absolute atomic E-state index is 0.141. The van der Waals surface area contributed by atoms with Crippen molar-refractivity contribution in [1.82, 2.24) is 9.13 Å². The van der Waals surface area contributed by atoms with Crippen LogP contribution in [0.25, 0.3) is 0 Å². The zero-order valence-electron chi connectivity index (χ0n) is 14.8. The molecule has 0 aliphatic carbocycles. The zero-order valence-corrected chi connectivity index (χ0v) is 16.4. The molecule has 140 valence electrons. The largest absolute Gasteiger partial charge is 0.508 e. The molecule has 0 radical (unpaired) electrons. The second-order valence-corrected chi connectivity index (χ2v) is 6.86. The Morgan fingerprint density at radius 3 is 2.59 bits per heavy atom. The summed E-state index contributed by atoms with van der Waals surface area (Å²) in [7, 11) is 2.95. The van der Waals surface area contributed by atoms with Crippen molar-refractivity contribution in [2.45, 2.75) is 6.54 Å². The molecule has 0 aliphatic heterocycles. The number of para-hydroxylation sites is 2. The predicted octanol–water partition coefficient (Wildman–Crippen LogP) is 2.96. The van der Waals surface area contributed by atoms with Crippen molar-refractivity contribution in [3.63, 3.8) is 0 Å². The molecule has 1 heterocycles. The van der Waals surface area contributed by atoms with Crippen molar-refractivity contribution in [2.75, 3.05) is 5.32 Å². The molecule has 7 nitrogen and oxygen atoms in total. The van der Waals surface area contributed by atoms with Crippen LogP contribution in [0.15, 0.2) is 62.6 Å². The Labute approximate surface area is 163 Å². The molecule has 3 rings (SSSR count). The van der Waals surface area contributed by atoms with Crippen molar-refractivity contribution in [3.8, 4) is 17.4 Å². The van der Waals surface area contributed by atoms with Crippen LogP contribution in [0.3, 0.4) is 0 Å². The molecular weight excluding hydrogens is 414 g/mol. The summed E-state index contributed by atoms with van der Waals surface area (Å²) in [5, 5.41) is 13.2. The number of hydrogen-bond donors (Lipinski definition) is 2. The van der Waals surface area contributed by atoms with Crippen molar-refractivity contribution in [2.24, 2.45) is 14.1 Å². The maximum Gasteiger partial charge on any atom is 0.333 e. The van der Waals surface area contributed by atoms with Crippen molar-refractivity contribution in [3.05, 3.63) is 79.4 Å². The van der Waals surface area contributed by atoms with Gasteiger partial charge in [-0.15, -0.1) is 0 Å². The van der Waals surface area contributed by atoms with Gasteiger partial charge in [-0.25, -0.2) is 4.79 Å². The second kappa shape index (κ2) is 7.71. The van der Waals surface area contributed by atoms with Gasteiger partial charge in [-0.05, 0) is 30.3 Å². The number of aromatic hydroxyl groups is 1. The number of nitrogens with one attached hydrogen (secondary N) is 1. The quantitative estimate of drug-likeness (QED) is 0.648. The molecule has 1 aromatic heterocycles. The van der Waals surface area contributed by atoms with E-state index in [0.717, 1.165) is 9.04 Å². The first kappa shape index (κ1) is 18.8. The number of ether oxygens (including phenoxy) is 1. The van der Waals surface area contributed by atoms with Crippen LogP contribution in [0, 0.1) is 0 Å². The Bertz CT molecular complexity index is 1100. The third-order valence-electron chi connectivity index (χ3n) is 4.09. The van der Waals surface area contributed by atoms with Gasteiger partial charge in [-0.2, -0.15) is 0 Å². The summed E-state index contributed by atoms with van der Waals surface area (Å²) in [6.07, 6.45) is 0. The summed E-state index contributed by atoms with van der Waals surface area (Å²) in [5.74, 6) is 0.774. The van der Waals surface area contributed by atoms with Gasteiger partial charge in [0.2, 0.25) is 5.88 Å². The van der Waals surface area contributed by atoms with Crippen molar-refractivity contribution < 1.29 is 9.84 Å². The van der Waals surface area contributed by atoms with Crippen LogP contribution in [0.5, 0.6) is 17.4 Å². The van der Waals surface area contributed by atoms with E-state index >= 15 is 0 Å². The average Bonchev–Trinajstić information content (AvgIpc) is 2.66. The monoisotopic (exact) mass is 431 g/mol. The maximum atomic E-state index is 12.1. The average molecular weight is 432 g/mol. The smallest absolute Gasteiger partial charge is 0.333 e. The normalized spacial score (nSPS) is 10.6. The summed E-state index contributed by atoms with van der Waals surface area (Å²) in [6.45, 7) is 0.362. The first-order chi connectivity index (χ1) is 12.9. The Balaban J connectivity index is 1.88. The molecule has 0 aliphatic rings. The Hall–Kier alpha value is -3.00. The Morgan fingerprint density at radius 2 is 1.81 bits per heavy atom. The van der Waals surface area contributed by atoms with Gasteiger partial charge in [0.25, 0.3) is 5.56 Å². The van der Waals surface area contributed by atoms with E-state index in [1.807, 2.05) is 18.2 Å². The van der Waals surface area contributed by atoms with Gasteiger partial charge >= 0.3 is 5.69 Å². The van der Waals surface area contributed by atoms with Crippen LogP contribution in [0.4, 0.5) is 5.69 Å². The fraction of sp³-hybridized carbons (Fsp3) is 0.158. The molecule has 0 spiro atoms. The number of phenols is 1. The topological polar surface area (TPSA) is 85.5 Å². The number of nitrogens with zero attached hydrogens (tertiary/aromatic N) is 2. The molecule has 0 fully saturated rings. The third-order valence-corrected chi connectivity index (χ3v) is 4.59. The van der Waals surface area contributed by atoms with E-state index in [9.17, 15) is 14.7 Å². The fourth-order valence-electron chi connectivity index (χ4n) is 2.51. The highest BCUT2D eigenvalue weighted by Crippen LogP contribution is 2.30. The number of halogens is 1. The number of hydrogen-bond acceptors (Lipinski definition) is 5. The van der Waals surface area contributed by atoms with E-state index in [-0.39, 0.29) is 11.6 Å². The molecular formula is C19H18BrN3O4. The molecule has 27 heavy (non-hydrogen) atoms. The maximum absolute atomic E-state index is 12.1. The zero-order chi connectivity index (χ0) is 19.6. The predicted molar refractivity (Wildman–Crippen MR) is 107 cm³/mol. The van der Waals surface area contributed by atoms with Gasteiger partial charge in [0.15, 0.2) is 5.75 Å². The van der Waals surface area contributed by atoms with E-state index in [0.29, 0.717) is 23.5 Å². The van der Waals surface area contributed by atoms with E-state index < -0.39 is 11.2 Å². The van der Waals surface area contributed by atoms with E-state index in [2.05, 4.69) is 21.2 Å². The molecule has 3 aromatic rings. The summed E-state index contributed by atoms with van der Waals surface area (Å²) in [6, 6.07) is 13.6. The highest BCUT2D eigenvalue weighted by molar-refractivity contribution is 9.10. The summed E-state index contributed by atoms with van der Waals surface area (Å²) < 4.78 is 8.94. The van der Waals surface area contributed by atoms with Crippen LogP contribution in [-0.4, -0.2) is 14.2 Å². The summed E-state index contributed by atoms with van der Waals surface area (Å²) >= 11 is 3.38. The van der Waals surface area contributed by atoms with Crippen LogP contribution >= 0.6 is 15.9 Å². The number of benzene rings is 2. The van der Waals surface area contributed by atoms with Gasteiger partial charge in [0.05, 0.1) is 11.8 Å². The minimum Gasteiger partial charge on any atom is -0.508 e. The lowest BCUT2D eigenvalue weighted by Crippen LogP contribution is -2.36. The Morgan fingerprint density at radius 1 is 1.07 bits per heavy atom. The number of rotatable bonds is 5. The lowest BCUT2D eigenvalue weighted by atomic mass is 10.2. The van der Waals surface area contributed by atoms with Gasteiger partial charge in [0, 0.05) is 30.7 Å². The summed E-state index contributed by atoms with van der Waals surface area (Å²) in [4.78, 5) is 24.0. The molecule has 0 saturated carbocycles. The molecule has 0 atom stereocenters. The molecule has 0 saturated heterocycles. The van der Waals surface area contributed by atoms with Gasteiger partial charge < -0.3 is 15.2 Å². The molecule has 0 unspecified atom stereocenters.